The van der Waals surface area contributed by atoms with E-state index in [0.29, 0.717) is 11.1 Å². The number of hydrogen-bond acceptors (Lipinski definition) is 5. The Labute approximate surface area is 216 Å². The van der Waals surface area contributed by atoms with Crippen LogP contribution in [0, 0.1) is 23.6 Å². The first-order chi connectivity index (χ1) is 17.6. The maximum absolute atomic E-state index is 13.5. The Kier molecular flexibility index (Phi) is 7.66. The average Bonchev–Trinajstić information content (AvgIpc) is 2.88. The lowest BCUT2D eigenvalue weighted by atomic mass is 9.75. The largest absolute Gasteiger partial charge is 0.480 e. The molecule has 8 heteroatoms. The molecule has 0 bridgehead atoms. The highest BCUT2D eigenvalue weighted by atomic mass is 31.1. The van der Waals surface area contributed by atoms with Crippen molar-refractivity contribution in [3.05, 3.63) is 88.9 Å². The quantitative estimate of drug-likeness (QED) is 0.339. The molecule has 0 saturated heterocycles. The zero-order valence-electron chi connectivity index (χ0n) is 20.9. The van der Waals surface area contributed by atoms with Crippen LogP contribution in [-0.2, 0) is 33.1 Å². The zero-order valence-corrected chi connectivity index (χ0v) is 21.9. The highest BCUT2D eigenvalue weighted by molar-refractivity contribution is 7.42. The molecule has 0 radical (unpaired) electrons. The number of aryl methyl sites for hydroxylation is 2. The Morgan fingerprint density at radius 2 is 1.84 bits per heavy atom. The lowest BCUT2D eigenvalue weighted by molar-refractivity contribution is -0.148. The standard InChI is InChI=1S/C29H29FNO5P/c1-19(2)29(27(32)33,37(35)36-3)28(34,17-20-8-12-24(30)13-9-20)15-14-21-16-23-11-10-22-6-4-5-7-25(22)26(23)31-18-21/h4-9,12-13,16,18-19,34,37H,10-11,17H2,1-3H3,(H,32,33). The summed E-state index contributed by atoms with van der Waals surface area (Å²) < 4.78 is 31.8. The summed E-state index contributed by atoms with van der Waals surface area (Å²) in [5.41, 5.74) is 2.81. The number of rotatable bonds is 7. The summed E-state index contributed by atoms with van der Waals surface area (Å²) in [5.74, 6) is 2.90. The van der Waals surface area contributed by atoms with Gasteiger partial charge in [-0.3, -0.25) is 14.3 Å². The highest BCUT2D eigenvalue weighted by Crippen LogP contribution is 2.53. The van der Waals surface area contributed by atoms with E-state index in [2.05, 4.69) is 22.9 Å². The first-order valence-corrected chi connectivity index (χ1v) is 13.3. The van der Waals surface area contributed by atoms with E-state index in [4.69, 9.17) is 4.52 Å². The van der Waals surface area contributed by atoms with Gasteiger partial charge < -0.3 is 14.7 Å². The zero-order chi connectivity index (χ0) is 26.8. The summed E-state index contributed by atoms with van der Waals surface area (Å²) in [6, 6.07) is 15.3. The van der Waals surface area contributed by atoms with Crippen molar-refractivity contribution in [3.8, 4) is 23.1 Å². The fraction of sp³-hybridized carbons (Fsp3) is 0.310. The van der Waals surface area contributed by atoms with Gasteiger partial charge in [-0.2, -0.15) is 0 Å². The van der Waals surface area contributed by atoms with Crippen LogP contribution in [0.4, 0.5) is 4.39 Å². The van der Waals surface area contributed by atoms with Gasteiger partial charge in [0, 0.05) is 30.9 Å². The molecule has 0 spiro atoms. The molecule has 1 aliphatic rings. The number of fused-ring (bicyclic) bond motifs is 3. The van der Waals surface area contributed by atoms with Gasteiger partial charge in [0.15, 0.2) is 10.8 Å². The predicted molar refractivity (Wildman–Crippen MR) is 140 cm³/mol. The molecule has 0 fully saturated rings. The van der Waals surface area contributed by atoms with E-state index >= 15 is 0 Å². The second-order valence-corrected chi connectivity index (χ2v) is 11.3. The third kappa shape index (κ3) is 4.85. The summed E-state index contributed by atoms with van der Waals surface area (Å²) in [4.78, 5) is 17.3. The molecular formula is C29H29FNO5P. The molecule has 4 rings (SSSR count). The number of halogens is 1. The van der Waals surface area contributed by atoms with E-state index in [1.54, 1.807) is 20.0 Å². The summed E-state index contributed by atoms with van der Waals surface area (Å²) in [6.07, 6.45) is 2.93. The number of carboxylic acids is 1. The fourth-order valence-electron chi connectivity index (χ4n) is 5.16. The highest BCUT2D eigenvalue weighted by Gasteiger charge is 2.62. The molecule has 192 valence electrons. The van der Waals surface area contributed by atoms with Gasteiger partial charge >= 0.3 is 5.97 Å². The van der Waals surface area contributed by atoms with Gasteiger partial charge in [0.1, 0.15) is 5.82 Å². The van der Waals surface area contributed by atoms with Gasteiger partial charge in [-0.15, -0.1) is 0 Å². The van der Waals surface area contributed by atoms with Crippen LogP contribution in [0.3, 0.4) is 0 Å². The summed E-state index contributed by atoms with van der Waals surface area (Å²) in [5, 5.41) is 20.1. The van der Waals surface area contributed by atoms with Gasteiger partial charge in [-0.05, 0) is 53.6 Å². The molecule has 37 heavy (non-hydrogen) atoms. The molecule has 3 aromatic rings. The van der Waals surface area contributed by atoms with E-state index in [1.807, 2.05) is 24.3 Å². The Morgan fingerprint density at radius 3 is 2.49 bits per heavy atom. The Balaban J connectivity index is 1.84. The Morgan fingerprint density at radius 1 is 1.16 bits per heavy atom. The summed E-state index contributed by atoms with van der Waals surface area (Å²) in [7, 11) is -2.20. The van der Waals surface area contributed by atoms with Crippen molar-refractivity contribution in [1.29, 1.82) is 0 Å². The molecule has 1 heterocycles. The van der Waals surface area contributed by atoms with Gasteiger partial charge in [0.25, 0.3) is 0 Å². The van der Waals surface area contributed by atoms with E-state index in [1.165, 1.54) is 29.8 Å². The minimum atomic E-state index is -3.35. The van der Waals surface area contributed by atoms with Crippen molar-refractivity contribution < 1.29 is 28.5 Å². The first-order valence-electron chi connectivity index (χ1n) is 12.0. The van der Waals surface area contributed by atoms with Crippen LogP contribution in [0.5, 0.6) is 0 Å². The molecule has 0 amide bonds. The summed E-state index contributed by atoms with van der Waals surface area (Å²) >= 11 is 0. The van der Waals surface area contributed by atoms with Gasteiger partial charge in [0.2, 0.25) is 8.03 Å². The molecular weight excluding hydrogens is 492 g/mol. The molecule has 2 aromatic carbocycles. The molecule has 3 atom stereocenters. The SMILES string of the molecule is CO[PH](=O)C(C(=O)O)(C(C)C)C(O)(C#Cc1cnc2c(c1)CCc1ccccc1-2)Cc1ccc(F)cc1. The lowest BCUT2D eigenvalue weighted by Crippen LogP contribution is -2.60. The Hall–Kier alpha value is -3.30. The second kappa shape index (κ2) is 10.6. The summed E-state index contributed by atoms with van der Waals surface area (Å²) in [6.45, 7) is 3.12. The normalized spacial score (nSPS) is 16.4. The van der Waals surface area contributed by atoms with E-state index < -0.39 is 36.5 Å². The van der Waals surface area contributed by atoms with Crippen LogP contribution in [0.1, 0.15) is 36.1 Å². The van der Waals surface area contributed by atoms with Crippen molar-refractivity contribution >= 4 is 14.0 Å². The second-order valence-electron chi connectivity index (χ2n) is 9.56. The molecule has 2 N–H and O–H groups in total. The van der Waals surface area contributed by atoms with Gasteiger partial charge in [-0.1, -0.05) is 62.1 Å². The number of aliphatic carboxylic acids is 1. The maximum atomic E-state index is 13.5. The number of aromatic nitrogens is 1. The average molecular weight is 522 g/mol. The minimum absolute atomic E-state index is 0.295. The molecule has 1 aliphatic carbocycles. The maximum Gasteiger partial charge on any atom is 0.323 e. The topological polar surface area (TPSA) is 96.7 Å². The number of pyridine rings is 1. The molecule has 1 aromatic heterocycles. The first kappa shape index (κ1) is 26.8. The third-order valence-electron chi connectivity index (χ3n) is 7.05. The monoisotopic (exact) mass is 521 g/mol. The van der Waals surface area contributed by atoms with E-state index in [0.717, 1.165) is 36.8 Å². The number of benzene rings is 2. The Bertz CT molecular complexity index is 1410. The van der Waals surface area contributed by atoms with Crippen LogP contribution in [0.25, 0.3) is 11.3 Å². The number of aliphatic hydroxyl groups is 1. The van der Waals surface area contributed by atoms with E-state index in [9.17, 15) is 24.0 Å². The smallest absolute Gasteiger partial charge is 0.323 e. The van der Waals surface area contributed by atoms with Crippen molar-refractivity contribution in [3.63, 3.8) is 0 Å². The van der Waals surface area contributed by atoms with Crippen LogP contribution in [-0.4, -0.2) is 39.0 Å². The minimum Gasteiger partial charge on any atom is -0.480 e. The third-order valence-corrected chi connectivity index (χ3v) is 9.27. The lowest BCUT2D eigenvalue weighted by Gasteiger charge is -2.42. The van der Waals surface area contributed by atoms with Crippen LogP contribution < -0.4 is 0 Å². The van der Waals surface area contributed by atoms with E-state index in [-0.39, 0.29) is 6.42 Å². The van der Waals surface area contributed by atoms with Gasteiger partial charge in [0.05, 0.1) is 5.69 Å². The van der Waals surface area contributed by atoms with Crippen molar-refractivity contribution in [1.82, 2.24) is 4.98 Å². The predicted octanol–water partition coefficient (Wildman–Crippen LogP) is 4.91. The fourth-order valence-corrected chi connectivity index (χ4v) is 6.62. The van der Waals surface area contributed by atoms with Crippen LogP contribution in [0.2, 0.25) is 0 Å². The molecule has 6 nitrogen and oxygen atoms in total. The molecule has 0 saturated carbocycles. The van der Waals surface area contributed by atoms with Crippen LogP contribution in [0.15, 0.2) is 60.8 Å². The van der Waals surface area contributed by atoms with Crippen molar-refractivity contribution in [2.75, 3.05) is 7.11 Å². The number of carboxylic acid groups (broad SMARTS) is 1. The number of hydrogen-bond donors (Lipinski definition) is 2. The van der Waals surface area contributed by atoms with Crippen molar-refractivity contribution in [2.24, 2.45) is 5.92 Å². The van der Waals surface area contributed by atoms with Crippen LogP contribution >= 0.6 is 8.03 Å². The number of carbonyl (C=O) groups is 1. The van der Waals surface area contributed by atoms with Crippen molar-refractivity contribution in [2.45, 2.75) is 43.9 Å². The molecule has 0 aliphatic heterocycles. The number of nitrogens with zero attached hydrogens (tertiary/aromatic N) is 1. The molecule has 3 unspecified atom stereocenters. The van der Waals surface area contributed by atoms with Gasteiger partial charge in [-0.25, -0.2) is 4.39 Å².